The molecule has 0 radical (unpaired) electrons. The zero-order valence-corrected chi connectivity index (χ0v) is 22.2. The molecule has 0 fully saturated rings. The van der Waals surface area contributed by atoms with Crippen LogP contribution in [0.5, 0.6) is 0 Å². The van der Waals surface area contributed by atoms with E-state index in [0.29, 0.717) is 18.4 Å². The molecule has 172 valence electrons. The van der Waals surface area contributed by atoms with Gasteiger partial charge in [-0.3, -0.25) is 4.79 Å². The van der Waals surface area contributed by atoms with Gasteiger partial charge in [0.05, 0.1) is 6.10 Å². The predicted octanol–water partition coefficient (Wildman–Crippen LogP) is 8.18. The Bertz CT molecular complexity index is 407. The number of allylic oxidation sites excluding steroid dienone is 2. The number of ether oxygens (including phenoxy) is 1. The van der Waals surface area contributed by atoms with Crippen molar-refractivity contribution in [1.29, 1.82) is 0 Å². The number of esters is 1. The third kappa shape index (κ3) is 22.4. The van der Waals surface area contributed by atoms with Crippen molar-refractivity contribution in [2.24, 2.45) is 0 Å². The third-order valence-corrected chi connectivity index (χ3v) is 6.53. The zero-order valence-electron chi connectivity index (χ0n) is 19.6. The van der Waals surface area contributed by atoms with Gasteiger partial charge in [0, 0.05) is 11.8 Å². The highest BCUT2D eigenvalue weighted by Crippen LogP contribution is 2.12. The van der Waals surface area contributed by atoms with Crippen molar-refractivity contribution in [3.63, 3.8) is 0 Å². The molecule has 0 rings (SSSR count). The Kier molecular flexibility index (Phi) is 19.7. The molecule has 0 unspecified atom stereocenters. The molecule has 0 saturated carbocycles. The molecule has 0 aromatic heterocycles. The molecule has 0 aromatic carbocycles. The molecular formula is C24H47BrO3Si. The van der Waals surface area contributed by atoms with E-state index in [4.69, 9.17) is 9.16 Å². The number of unbranched alkanes of at least 4 members (excludes halogenated alkanes) is 11. The maximum atomic E-state index is 11.9. The fraction of sp³-hybridized carbons (Fsp3) is 0.875. The molecule has 0 spiro atoms. The van der Waals surface area contributed by atoms with Crippen LogP contribution in [-0.2, 0) is 14.0 Å². The van der Waals surface area contributed by atoms with Crippen LogP contribution < -0.4 is 0 Å². The number of hydrogen-bond acceptors (Lipinski definition) is 3. The van der Waals surface area contributed by atoms with Gasteiger partial charge in [-0.15, -0.1) is 0 Å². The molecule has 0 aliphatic carbocycles. The van der Waals surface area contributed by atoms with Gasteiger partial charge in [0.25, 0.3) is 0 Å². The first-order valence-electron chi connectivity index (χ1n) is 11.9. The average molecular weight is 492 g/mol. The lowest BCUT2D eigenvalue weighted by molar-refractivity contribution is -0.146. The highest BCUT2D eigenvalue weighted by atomic mass is 79.9. The highest BCUT2D eigenvalue weighted by molar-refractivity contribution is 9.09. The SMILES string of the molecule is CCCCCCCC/C=C\CCCCCCCC(=O)OC[C@@H](CBr)O[Si](C)(C)C. The Hall–Kier alpha value is -0.133. The van der Waals surface area contributed by atoms with Crippen molar-refractivity contribution in [3.8, 4) is 0 Å². The molecular weight excluding hydrogens is 444 g/mol. The third-order valence-electron chi connectivity index (χ3n) is 4.77. The summed E-state index contributed by atoms with van der Waals surface area (Å²) in [5.41, 5.74) is 0. The molecule has 1 atom stereocenters. The lowest BCUT2D eigenvalue weighted by atomic mass is 10.1. The minimum absolute atomic E-state index is 0.0280. The Morgan fingerprint density at radius 1 is 0.862 bits per heavy atom. The van der Waals surface area contributed by atoms with Gasteiger partial charge in [0.1, 0.15) is 6.61 Å². The van der Waals surface area contributed by atoms with E-state index in [9.17, 15) is 4.79 Å². The Balaban J connectivity index is 3.45. The van der Waals surface area contributed by atoms with Gasteiger partial charge in [-0.05, 0) is 51.7 Å². The normalized spacial score (nSPS) is 13.1. The summed E-state index contributed by atoms with van der Waals surface area (Å²) in [6, 6.07) is 0. The number of rotatable bonds is 20. The van der Waals surface area contributed by atoms with Crippen molar-refractivity contribution in [2.45, 2.75) is 123 Å². The predicted molar refractivity (Wildman–Crippen MR) is 132 cm³/mol. The van der Waals surface area contributed by atoms with Gasteiger partial charge in [-0.2, -0.15) is 0 Å². The lowest BCUT2D eigenvalue weighted by Gasteiger charge is -2.24. The van der Waals surface area contributed by atoms with Crippen LogP contribution in [0.15, 0.2) is 12.2 Å². The van der Waals surface area contributed by atoms with Crippen LogP contribution in [0.4, 0.5) is 0 Å². The van der Waals surface area contributed by atoms with Gasteiger partial charge >= 0.3 is 5.97 Å². The van der Waals surface area contributed by atoms with E-state index >= 15 is 0 Å². The molecule has 5 heteroatoms. The Morgan fingerprint density at radius 3 is 1.90 bits per heavy atom. The second-order valence-electron chi connectivity index (χ2n) is 9.02. The second-order valence-corrected chi connectivity index (χ2v) is 14.1. The van der Waals surface area contributed by atoms with Gasteiger partial charge in [0.2, 0.25) is 0 Å². The molecule has 0 aliphatic heterocycles. The molecule has 29 heavy (non-hydrogen) atoms. The molecule has 0 heterocycles. The number of carbonyl (C=O) groups is 1. The molecule has 3 nitrogen and oxygen atoms in total. The van der Waals surface area contributed by atoms with E-state index in [0.717, 1.165) is 12.8 Å². The summed E-state index contributed by atoms with van der Waals surface area (Å²) in [5.74, 6) is -0.0900. The first-order chi connectivity index (χ1) is 13.9. The van der Waals surface area contributed by atoms with E-state index in [1.165, 1.54) is 70.6 Å². The number of halogens is 1. The lowest BCUT2D eigenvalue weighted by Crippen LogP contribution is -2.36. The minimum atomic E-state index is -1.60. The van der Waals surface area contributed by atoms with Crippen molar-refractivity contribution in [3.05, 3.63) is 12.2 Å². The number of carbonyl (C=O) groups excluding carboxylic acids is 1. The van der Waals surface area contributed by atoms with E-state index in [1.807, 2.05) is 0 Å². The van der Waals surface area contributed by atoms with Crippen LogP contribution in [0, 0.1) is 0 Å². The standard InChI is InChI=1S/C24H47BrO3Si/c1-5-6-7-8-9-10-11-12-13-14-15-16-17-18-19-20-24(26)27-22-23(21-25)28-29(2,3)4/h12-13,23H,5-11,14-22H2,1-4H3/b13-12-/t23-/m1/s1. The van der Waals surface area contributed by atoms with Crippen molar-refractivity contribution in [1.82, 2.24) is 0 Å². The minimum Gasteiger partial charge on any atom is -0.463 e. The summed E-state index contributed by atoms with van der Waals surface area (Å²) in [5, 5.41) is 0.706. The zero-order chi connectivity index (χ0) is 21.8. The van der Waals surface area contributed by atoms with Gasteiger partial charge in [-0.25, -0.2) is 0 Å². The Morgan fingerprint density at radius 2 is 1.38 bits per heavy atom. The molecule has 0 amide bonds. The van der Waals surface area contributed by atoms with Crippen molar-refractivity contribution < 1.29 is 14.0 Å². The summed E-state index contributed by atoms with van der Waals surface area (Å²) in [6.45, 7) is 9.07. The molecule has 0 saturated heterocycles. The summed E-state index contributed by atoms with van der Waals surface area (Å²) >= 11 is 3.44. The first-order valence-corrected chi connectivity index (χ1v) is 16.5. The summed E-state index contributed by atoms with van der Waals surface area (Å²) in [6.07, 6.45) is 21.7. The summed E-state index contributed by atoms with van der Waals surface area (Å²) in [7, 11) is -1.60. The smallest absolute Gasteiger partial charge is 0.305 e. The average Bonchev–Trinajstić information content (AvgIpc) is 2.67. The second kappa shape index (κ2) is 19.8. The molecule has 0 bridgehead atoms. The van der Waals surface area contributed by atoms with Gasteiger partial charge in [-0.1, -0.05) is 86.4 Å². The molecule has 0 aromatic rings. The number of alkyl halides is 1. The monoisotopic (exact) mass is 490 g/mol. The quantitative estimate of drug-likeness (QED) is 0.0566. The fourth-order valence-electron chi connectivity index (χ4n) is 3.21. The first kappa shape index (κ1) is 28.9. The van der Waals surface area contributed by atoms with Gasteiger partial charge < -0.3 is 9.16 Å². The van der Waals surface area contributed by atoms with E-state index < -0.39 is 8.32 Å². The molecule has 0 aliphatic rings. The van der Waals surface area contributed by atoms with Crippen molar-refractivity contribution >= 4 is 30.2 Å². The maximum absolute atomic E-state index is 11.9. The van der Waals surface area contributed by atoms with Crippen LogP contribution in [0.2, 0.25) is 19.6 Å². The molecule has 0 N–H and O–H groups in total. The van der Waals surface area contributed by atoms with Crippen LogP contribution >= 0.6 is 15.9 Å². The van der Waals surface area contributed by atoms with E-state index in [-0.39, 0.29) is 12.1 Å². The summed E-state index contributed by atoms with van der Waals surface area (Å²) in [4.78, 5) is 11.9. The topological polar surface area (TPSA) is 35.5 Å². The highest BCUT2D eigenvalue weighted by Gasteiger charge is 2.21. The maximum Gasteiger partial charge on any atom is 0.305 e. The van der Waals surface area contributed by atoms with Gasteiger partial charge in [0.15, 0.2) is 8.32 Å². The van der Waals surface area contributed by atoms with Crippen LogP contribution in [0.3, 0.4) is 0 Å². The van der Waals surface area contributed by atoms with E-state index in [1.54, 1.807) is 0 Å². The van der Waals surface area contributed by atoms with Crippen molar-refractivity contribution in [2.75, 3.05) is 11.9 Å². The summed E-state index contributed by atoms with van der Waals surface area (Å²) < 4.78 is 11.4. The van der Waals surface area contributed by atoms with Crippen LogP contribution in [0.1, 0.15) is 96.8 Å². The van der Waals surface area contributed by atoms with E-state index in [2.05, 4.69) is 54.6 Å². The Labute approximate surface area is 190 Å². The fourth-order valence-corrected chi connectivity index (χ4v) is 4.92. The largest absolute Gasteiger partial charge is 0.463 e. The van der Waals surface area contributed by atoms with Crippen LogP contribution in [0.25, 0.3) is 0 Å². The van der Waals surface area contributed by atoms with Crippen LogP contribution in [-0.4, -0.2) is 32.3 Å². The number of hydrogen-bond donors (Lipinski definition) is 0.